The number of nitrogens with zero attached hydrogens (tertiary/aromatic N) is 1. The molecule has 0 fully saturated rings. The van der Waals surface area contributed by atoms with Gasteiger partial charge in [-0.2, -0.15) is 0 Å². The SMILES string of the molecule is CN(C(=O)CN)c1cccc(OC(F)(F)F)c1.Cl. The monoisotopic (exact) mass is 284 g/mol. The van der Waals surface area contributed by atoms with Crippen molar-refractivity contribution >= 4 is 24.0 Å². The molecule has 0 heterocycles. The van der Waals surface area contributed by atoms with Crippen molar-refractivity contribution in [1.82, 2.24) is 0 Å². The number of hydrogen-bond acceptors (Lipinski definition) is 3. The highest BCUT2D eigenvalue weighted by Gasteiger charge is 2.31. The van der Waals surface area contributed by atoms with E-state index in [2.05, 4.69) is 4.74 Å². The Morgan fingerprint density at radius 1 is 1.44 bits per heavy atom. The normalized spacial score (nSPS) is 10.5. The Labute approximate surface area is 108 Å². The summed E-state index contributed by atoms with van der Waals surface area (Å²) in [6.45, 7) is -0.221. The molecule has 2 N–H and O–H groups in total. The molecule has 1 rings (SSSR count). The van der Waals surface area contributed by atoms with Crippen LogP contribution in [0.1, 0.15) is 0 Å². The van der Waals surface area contributed by atoms with Crippen molar-refractivity contribution in [3.05, 3.63) is 24.3 Å². The second-order valence-corrected chi connectivity index (χ2v) is 3.20. The predicted molar refractivity (Wildman–Crippen MR) is 62.8 cm³/mol. The van der Waals surface area contributed by atoms with Gasteiger partial charge in [0.1, 0.15) is 5.75 Å². The number of hydrogen-bond donors (Lipinski definition) is 1. The van der Waals surface area contributed by atoms with Gasteiger partial charge < -0.3 is 15.4 Å². The predicted octanol–water partition coefficient (Wildman–Crippen LogP) is 1.93. The van der Waals surface area contributed by atoms with Crippen LogP contribution in [0.15, 0.2) is 24.3 Å². The first-order chi connectivity index (χ1) is 7.83. The molecular formula is C10H12ClF3N2O2. The van der Waals surface area contributed by atoms with Gasteiger partial charge in [-0.3, -0.25) is 4.79 Å². The smallest absolute Gasteiger partial charge is 0.406 e. The van der Waals surface area contributed by atoms with Gasteiger partial charge in [-0.15, -0.1) is 25.6 Å². The first-order valence-corrected chi connectivity index (χ1v) is 4.66. The van der Waals surface area contributed by atoms with Crippen LogP contribution in [0.3, 0.4) is 0 Å². The standard InChI is InChI=1S/C10H11F3N2O2.ClH/c1-15(9(16)6-14)7-3-2-4-8(5-7)17-10(11,12)13;/h2-5H,6,14H2,1H3;1H. The van der Waals surface area contributed by atoms with Gasteiger partial charge in [-0.1, -0.05) is 6.07 Å². The Hall–Kier alpha value is -1.47. The van der Waals surface area contributed by atoms with Crippen molar-refractivity contribution in [2.24, 2.45) is 5.73 Å². The molecule has 1 aromatic rings. The van der Waals surface area contributed by atoms with Crippen molar-refractivity contribution in [1.29, 1.82) is 0 Å². The minimum atomic E-state index is -4.75. The largest absolute Gasteiger partial charge is 0.573 e. The average molecular weight is 285 g/mol. The maximum atomic E-state index is 12.0. The number of rotatable bonds is 3. The highest BCUT2D eigenvalue weighted by atomic mass is 35.5. The molecule has 0 aliphatic rings. The summed E-state index contributed by atoms with van der Waals surface area (Å²) in [5.74, 6) is -0.791. The van der Waals surface area contributed by atoms with Crippen LogP contribution in [0.25, 0.3) is 0 Å². The Bertz CT molecular complexity index is 412. The van der Waals surface area contributed by atoms with Crippen LogP contribution in [-0.4, -0.2) is 25.9 Å². The summed E-state index contributed by atoms with van der Waals surface area (Å²) in [7, 11) is 1.42. The molecule has 0 bridgehead atoms. The molecule has 18 heavy (non-hydrogen) atoms. The Morgan fingerprint density at radius 3 is 2.56 bits per heavy atom. The zero-order valence-electron chi connectivity index (χ0n) is 9.40. The Morgan fingerprint density at radius 2 is 2.06 bits per heavy atom. The van der Waals surface area contributed by atoms with Crippen molar-refractivity contribution in [2.75, 3.05) is 18.5 Å². The summed E-state index contributed by atoms with van der Waals surface area (Å²) in [5, 5.41) is 0. The lowest BCUT2D eigenvalue weighted by atomic mass is 10.3. The van der Waals surface area contributed by atoms with Gasteiger partial charge in [0.2, 0.25) is 5.91 Å². The molecule has 0 unspecified atom stereocenters. The van der Waals surface area contributed by atoms with Crippen molar-refractivity contribution in [2.45, 2.75) is 6.36 Å². The molecule has 4 nitrogen and oxygen atoms in total. The summed E-state index contributed by atoms with van der Waals surface area (Å²) in [4.78, 5) is 12.4. The first kappa shape index (κ1) is 16.5. The summed E-state index contributed by atoms with van der Waals surface area (Å²) >= 11 is 0. The van der Waals surface area contributed by atoms with Gasteiger partial charge in [0, 0.05) is 18.8 Å². The molecule has 0 radical (unpaired) electrons. The third-order valence-electron chi connectivity index (χ3n) is 1.99. The Kier molecular flexibility index (Phi) is 5.93. The van der Waals surface area contributed by atoms with E-state index in [-0.39, 0.29) is 30.4 Å². The van der Waals surface area contributed by atoms with Gasteiger partial charge in [-0.25, -0.2) is 0 Å². The third kappa shape index (κ3) is 4.80. The maximum absolute atomic E-state index is 12.0. The molecule has 102 valence electrons. The van der Waals surface area contributed by atoms with Crippen LogP contribution >= 0.6 is 12.4 Å². The van der Waals surface area contributed by atoms with E-state index in [1.165, 1.54) is 19.2 Å². The van der Waals surface area contributed by atoms with Gasteiger partial charge in [0.05, 0.1) is 6.54 Å². The summed E-state index contributed by atoms with van der Waals surface area (Å²) < 4.78 is 39.7. The molecular weight excluding hydrogens is 273 g/mol. The minimum absolute atomic E-state index is 0. The average Bonchev–Trinajstić information content (AvgIpc) is 2.25. The maximum Gasteiger partial charge on any atom is 0.573 e. The minimum Gasteiger partial charge on any atom is -0.406 e. The van der Waals surface area contributed by atoms with E-state index in [0.29, 0.717) is 0 Å². The van der Waals surface area contributed by atoms with Crippen LogP contribution in [0, 0.1) is 0 Å². The lowest BCUT2D eigenvalue weighted by Gasteiger charge is -2.17. The molecule has 0 aromatic heterocycles. The number of anilines is 1. The Balaban J connectivity index is 0.00000289. The van der Waals surface area contributed by atoms with Gasteiger partial charge in [0.25, 0.3) is 0 Å². The number of ether oxygens (including phenoxy) is 1. The van der Waals surface area contributed by atoms with E-state index in [1.807, 2.05) is 0 Å². The quantitative estimate of drug-likeness (QED) is 0.923. The molecule has 1 amide bonds. The second kappa shape index (κ2) is 6.46. The zero-order chi connectivity index (χ0) is 13.1. The third-order valence-corrected chi connectivity index (χ3v) is 1.99. The fourth-order valence-electron chi connectivity index (χ4n) is 1.17. The highest BCUT2D eigenvalue weighted by molar-refractivity contribution is 5.94. The highest BCUT2D eigenvalue weighted by Crippen LogP contribution is 2.26. The number of benzene rings is 1. The van der Waals surface area contributed by atoms with Gasteiger partial charge in [-0.05, 0) is 12.1 Å². The summed E-state index contributed by atoms with van der Waals surface area (Å²) in [6, 6.07) is 5.10. The summed E-state index contributed by atoms with van der Waals surface area (Å²) in [6.07, 6.45) is -4.75. The van der Waals surface area contributed by atoms with Crippen molar-refractivity contribution in [3.8, 4) is 5.75 Å². The van der Waals surface area contributed by atoms with E-state index >= 15 is 0 Å². The zero-order valence-corrected chi connectivity index (χ0v) is 10.2. The number of amides is 1. The van der Waals surface area contributed by atoms with Gasteiger partial charge >= 0.3 is 6.36 Å². The van der Waals surface area contributed by atoms with Crippen LogP contribution in [0.4, 0.5) is 18.9 Å². The number of carbonyl (C=O) groups excluding carboxylic acids is 1. The second-order valence-electron chi connectivity index (χ2n) is 3.20. The van der Waals surface area contributed by atoms with E-state index in [1.54, 1.807) is 0 Å². The first-order valence-electron chi connectivity index (χ1n) is 4.66. The van der Waals surface area contributed by atoms with Crippen LogP contribution < -0.4 is 15.4 Å². The van der Waals surface area contributed by atoms with E-state index in [9.17, 15) is 18.0 Å². The van der Waals surface area contributed by atoms with E-state index in [0.717, 1.165) is 17.0 Å². The number of halogens is 4. The number of likely N-dealkylation sites (N-methyl/N-ethyl adjacent to an activating group) is 1. The fourth-order valence-corrected chi connectivity index (χ4v) is 1.17. The number of carbonyl (C=O) groups is 1. The topological polar surface area (TPSA) is 55.6 Å². The molecule has 0 saturated heterocycles. The molecule has 0 atom stereocenters. The lowest BCUT2D eigenvalue weighted by Crippen LogP contribution is -2.32. The molecule has 8 heteroatoms. The van der Waals surface area contributed by atoms with Crippen molar-refractivity contribution < 1.29 is 22.7 Å². The summed E-state index contributed by atoms with van der Waals surface area (Å²) in [5.41, 5.74) is 5.43. The van der Waals surface area contributed by atoms with Gasteiger partial charge in [0.15, 0.2) is 0 Å². The lowest BCUT2D eigenvalue weighted by molar-refractivity contribution is -0.274. The van der Waals surface area contributed by atoms with E-state index in [4.69, 9.17) is 5.73 Å². The van der Waals surface area contributed by atoms with Crippen molar-refractivity contribution in [3.63, 3.8) is 0 Å². The van der Waals surface area contributed by atoms with Crippen LogP contribution in [0.5, 0.6) is 5.75 Å². The van der Waals surface area contributed by atoms with Crippen LogP contribution in [-0.2, 0) is 4.79 Å². The molecule has 1 aromatic carbocycles. The number of alkyl halides is 3. The number of nitrogens with two attached hydrogens (primary N) is 1. The molecule has 0 saturated carbocycles. The molecule has 0 aliphatic heterocycles. The fraction of sp³-hybridized carbons (Fsp3) is 0.300. The molecule has 0 spiro atoms. The van der Waals surface area contributed by atoms with Crippen LogP contribution in [0.2, 0.25) is 0 Å². The molecule has 0 aliphatic carbocycles. The van der Waals surface area contributed by atoms with E-state index < -0.39 is 12.3 Å².